The number of carbonyl (C=O) groups excluding carboxylic acids is 1. The van der Waals surface area contributed by atoms with Crippen LogP contribution >= 0.6 is 0 Å². The Bertz CT molecular complexity index is 378. The van der Waals surface area contributed by atoms with E-state index in [1.807, 2.05) is 0 Å². The number of halogens is 1. The molecule has 0 aromatic heterocycles. The van der Waals surface area contributed by atoms with Gasteiger partial charge in [-0.25, -0.2) is 0 Å². The van der Waals surface area contributed by atoms with Gasteiger partial charge in [-0.05, 0) is 0 Å². The van der Waals surface area contributed by atoms with Crippen LogP contribution in [0.15, 0.2) is 0 Å². The van der Waals surface area contributed by atoms with Crippen molar-refractivity contribution in [1.82, 2.24) is 0 Å². The fourth-order valence-corrected chi connectivity index (χ4v) is 9.63. The van der Waals surface area contributed by atoms with E-state index < -0.39 is 0 Å². The first-order valence-electron chi connectivity index (χ1n) is 7.98. The van der Waals surface area contributed by atoms with Gasteiger partial charge in [0.2, 0.25) is 0 Å². The van der Waals surface area contributed by atoms with Crippen LogP contribution in [0.4, 0.5) is 0 Å². The van der Waals surface area contributed by atoms with Gasteiger partial charge in [0.25, 0.3) is 0 Å². The number of carbonyl (C=O) groups is 1. The summed E-state index contributed by atoms with van der Waals surface area (Å²) >= 11 is -0.0297. The molecule has 1 aliphatic heterocycles. The molecule has 5 aliphatic rings. The molecule has 0 aromatic rings. The van der Waals surface area contributed by atoms with Gasteiger partial charge in [-0.3, -0.25) is 0 Å². The Morgan fingerprint density at radius 2 is 1.74 bits per heavy atom. The summed E-state index contributed by atoms with van der Waals surface area (Å²) in [5.41, 5.74) is -0.0105. The second-order valence-corrected chi connectivity index (χ2v) is 11.3. The van der Waals surface area contributed by atoms with Crippen molar-refractivity contribution in [1.29, 1.82) is 0 Å². The van der Waals surface area contributed by atoms with Crippen LogP contribution in [0.3, 0.4) is 0 Å². The second-order valence-electron chi connectivity index (χ2n) is 7.20. The van der Waals surface area contributed by atoms with Crippen LogP contribution in [-0.4, -0.2) is 19.4 Å². The third kappa shape index (κ3) is 1.69. The van der Waals surface area contributed by atoms with Crippen molar-refractivity contribution >= 4 is 5.97 Å². The topological polar surface area (TPSA) is 26.3 Å². The predicted octanol–water partition coefficient (Wildman–Crippen LogP) is -0.00580. The van der Waals surface area contributed by atoms with Crippen molar-refractivity contribution in [2.45, 2.75) is 65.8 Å². The molecule has 0 radical (unpaired) electrons. The number of esters is 1. The summed E-state index contributed by atoms with van der Waals surface area (Å²) in [5.74, 6) is 3.50. The fraction of sp³-hybridized carbons (Fsp3) is 0.938. The van der Waals surface area contributed by atoms with E-state index in [0.717, 1.165) is 18.3 Å². The third-order valence-corrected chi connectivity index (χ3v) is 10.6. The first kappa shape index (κ1) is 12.9. The van der Waals surface area contributed by atoms with Gasteiger partial charge < -0.3 is 0 Å². The Balaban J connectivity index is 1.68. The van der Waals surface area contributed by atoms with Gasteiger partial charge in [0.05, 0.1) is 0 Å². The molecule has 108 valence electrons. The Hall–Kier alpha value is 0.200. The Morgan fingerprint density at radius 3 is 2.26 bits per heavy atom. The van der Waals surface area contributed by atoms with Gasteiger partial charge in [0, 0.05) is 0 Å². The summed E-state index contributed by atoms with van der Waals surface area (Å²) in [6, 6.07) is 0. The van der Waals surface area contributed by atoms with Crippen molar-refractivity contribution < 1.29 is 30.7 Å². The van der Waals surface area contributed by atoms with Crippen LogP contribution in [-0.2, 0) is 9.53 Å². The zero-order valence-corrected chi connectivity index (χ0v) is 14.1. The average molecular weight is 375 g/mol. The van der Waals surface area contributed by atoms with Crippen LogP contribution in [0.5, 0.6) is 0 Å². The molecule has 4 bridgehead atoms. The quantitative estimate of drug-likeness (QED) is 0.366. The van der Waals surface area contributed by atoms with E-state index in [0.29, 0.717) is 15.8 Å². The second kappa shape index (κ2) is 4.35. The van der Waals surface area contributed by atoms with Gasteiger partial charge in [-0.15, -0.1) is 0 Å². The number of hydrogen-bond acceptors (Lipinski definition) is 2. The van der Waals surface area contributed by atoms with Crippen molar-refractivity contribution in [3.8, 4) is 0 Å². The molecule has 4 aliphatic carbocycles. The Labute approximate surface area is 126 Å². The SMILES string of the molecule is CCC1[I-]C(C)C2(OC1=O)C1CC3CC(C1)CC2C3. The Morgan fingerprint density at radius 1 is 1.16 bits per heavy atom. The number of alkyl halides is 2. The zero-order valence-electron chi connectivity index (χ0n) is 11.9. The zero-order chi connectivity index (χ0) is 13.2. The summed E-state index contributed by atoms with van der Waals surface area (Å²) < 4.78 is 7.21. The van der Waals surface area contributed by atoms with Gasteiger partial charge in [0.1, 0.15) is 0 Å². The van der Waals surface area contributed by atoms with Gasteiger partial charge in [-0.2, -0.15) is 0 Å². The van der Waals surface area contributed by atoms with E-state index in [1.54, 1.807) is 0 Å². The van der Waals surface area contributed by atoms with E-state index >= 15 is 0 Å². The van der Waals surface area contributed by atoms with Crippen LogP contribution < -0.4 is 21.2 Å². The number of rotatable bonds is 1. The maximum atomic E-state index is 12.4. The minimum atomic E-state index is -0.0297. The molecule has 0 N–H and O–H groups in total. The maximum absolute atomic E-state index is 12.4. The third-order valence-electron chi connectivity index (χ3n) is 6.27. The molecule has 0 amide bonds. The molecule has 2 unspecified atom stereocenters. The molecule has 4 saturated carbocycles. The number of hydrogen-bond donors (Lipinski definition) is 0. The monoisotopic (exact) mass is 375 g/mol. The molecule has 2 nitrogen and oxygen atoms in total. The van der Waals surface area contributed by atoms with E-state index in [-0.39, 0.29) is 36.7 Å². The molecule has 2 atom stereocenters. The van der Waals surface area contributed by atoms with Crippen LogP contribution in [0.1, 0.15) is 52.4 Å². The Kier molecular flexibility index (Phi) is 2.95. The normalized spacial score (nSPS) is 56.0. The first-order valence-corrected chi connectivity index (χ1v) is 10.5. The van der Waals surface area contributed by atoms with E-state index in [2.05, 4.69) is 13.8 Å². The van der Waals surface area contributed by atoms with Crippen molar-refractivity contribution in [3.63, 3.8) is 0 Å². The molecular formula is C16H24IO2-. The summed E-state index contributed by atoms with van der Waals surface area (Å²) in [6.45, 7) is 4.55. The molecule has 19 heavy (non-hydrogen) atoms. The van der Waals surface area contributed by atoms with Crippen molar-refractivity contribution in [2.24, 2.45) is 23.7 Å². The van der Waals surface area contributed by atoms with Crippen molar-refractivity contribution in [2.75, 3.05) is 0 Å². The van der Waals surface area contributed by atoms with Crippen LogP contribution in [0, 0.1) is 23.7 Å². The van der Waals surface area contributed by atoms with E-state index in [9.17, 15) is 4.79 Å². The molecule has 1 spiro atoms. The van der Waals surface area contributed by atoms with E-state index in [4.69, 9.17) is 4.74 Å². The molecule has 5 rings (SSSR count). The van der Waals surface area contributed by atoms with Gasteiger partial charge >= 0.3 is 126 Å². The summed E-state index contributed by atoms with van der Waals surface area (Å²) in [5, 5.41) is 0. The molecule has 3 heteroatoms. The standard InChI is InChI=1S/C16H24IO2/c1-3-14-15(18)19-16(9(2)17-14)12-5-10-4-11(7-12)8-13(16)6-10/h9-14H,3-8H2,1-2H3/q-1. The molecule has 0 aromatic carbocycles. The van der Waals surface area contributed by atoms with Gasteiger partial charge in [0.15, 0.2) is 0 Å². The molecule has 1 saturated heterocycles. The predicted molar refractivity (Wildman–Crippen MR) is 69.4 cm³/mol. The average Bonchev–Trinajstić information content (AvgIpc) is 2.38. The summed E-state index contributed by atoms with van der Waals surface area (Å²) in [6.07, 6.45) is 7.87. The van der Waals surface area contributed by atoms with E-state index in [1.165, 1.54) is 32.1 Å². The van der Waals surface area contributed by atoms with Crippen molar-refractivity contribution in [3.05, 3.63) is 0 Å². The number of ether oxygens (including phenoxy) is 1. The van der Waals surface area contributed by atoms with Crippen LogP contribution in [0.2, 0.25) is 0 Å². The molecule has 1 heterocycles. The minimum absolute atomic E-state index is 0.0105. The molecular weight excluding hydrogens is 351 g/mol. The van der Waals surface area contributed by atoms with Crippen LogP contribution in [0.25, 0.3) is 0 Å². The first-order chi connectivity index (χ1) is 9.13. The summed E-state index contributed by atoms with van der Waals surface area (Å²) in [4.78, 5) is 12.4. The van der Waals surface area contributed by atoms with Gasteiger partial charge in [-0.1, -0.05) is 0 Å². The fourth-order valence-electron chi connectivity index (χ4n) is 5.69. The summed E-state index contributed by atoms with van der Waals surface area (Å²) in [7, 11) is 0. The molecule has 5 fully saturated rings.